The highest BCUT2D eigenvalue weighted by molar-refractivity contribution is 6.30. The third kappa shape index (κ3) is 14.2. The number of nitrogens with one attached hydrogen (secondary N) is 1. The summed E-state index contributed by atoms with van der Waals surface area (Å²) < 4.78 is 5.80. The van der Waals surface area contributed by atoms with Crippen LogP contribution >= 0.6 is 11.6 Å². The number of hydrogen-bond donors (Lipinski definition) is 3. The molecule has 7 nitrogen and oxygen atoms in total. The van der Waals surface area contributed by atoms with E-state index in [9.17, 15) is 24.6 Å². The van der Waals surface area contributed by atoms with Gasteiger partial charge in [0.2, 0.25) is 5.91 Å². The highest BCUT2D eigenvalue weighted by Gasteiger charge is 2.42. The minimum absolute atomic E-state index is 0.285. The number of carboxylic acid groups (broad SMARTS) is 1. The van der Waals surface area contributed by atoms with Crippen LogP contribution < -0.4 is 10.1 Å². The van der Waals surface area contributed by atoms with Crippen LogP contribution in [0.25, 0.3) is 0 Å². The van der Waals surface area contributed by atoms with Gasteiger partial charge in [0.1, 0.15) is 17.3 Å². The molecule has 0 radical (unpaired) electrons. The van der Waals surface area contributed by atoms with Gasteiger partial charge in [-0.1, -0.05) is 81.3 Å². The van der Waals surface area contributed by atoms with Crippen molar-refractivity contribution in [3.8, 4) is 11.5 Å². The molecule has 2 atom stereocenters. The Morgan fingerprint density at radius 2 is 1.44 bits per heavy atom. The number of ketones is 1. The van der Waals surface area contributed by atoms with Gasteiger partial charge in [-0.3, -0.25) is 9.59 Å². The molecule has 0 saturated carbocycles. The first-order valence-electron chi connectivity index (χ1n) is 15.6. The maximum absolute atomic E-state index is 12.9. The van der Waals surface area contributed by atoms with Gasteiger partial charge in [-0.15, -0.1) is 0 Å². The normalized spacial score (nSPS) is 13.4. The molecule has 0 heterocycles. The smallest absolute Gasteiger partial charge is 0.336 e. The number of ether oxygens (including phenoxy) is 1. The van der Waals surface area contributed by atoms with Gasteiger partial charge in [-0.25, -0.2) is 4.79 Å². The van der Waals surface area contributed by atoms with Crippen molar-refractivity contribution in [2.75, 3.05) is 6.54 Å². The number of unbranched alkanes of at least 4 members (excludes halogenated alkanes) is 8. The summed E-state index contributed by atoms with van der Waals surface area (Å²) in [5.41, 5.74) is -1.27. The summed E-state index contributed by atoms with van der Waals surface area (Å²) in [5.74, 6) is -1.54. The summed E-state index contributed by atoms with van der Waals surface area (Å²) in [4.78, 5) is 36.6. The summed E-state index contributed by atoms with van der Waals surface area (Å²) >= 11 is 5.91. The Bertz CT molecular complexity index is 1140. The van der Waals surface area contributed by atoms with Crippen molar-refractivity contribution in [3.05, 3.63) is 71.3 Å². The summed E-state index contributed by atoms with van der Waals surface area (Å²) in [6.07, 6.45) is 15.2. The molecule has 0 bridgehead atoms. The van der Waals surface area contributed by atoms with Crippen molar-refractivity contribution in [1.29, 1.82) is 0 Å². The Labute approximate surface area is 261 Å². The fourth-order valence-corrected chi connectivity index (χ4v) is 4.81. The van der Waals surface area contributed by atoms with E-state index in [4.69, 9.17) is 16.3 Å². The number of Topliss-reactive ketones (excluding diaryl/α,β-unsaturated/α-hetero) is 1. The second kappa shape index (κ2) is 19.9. The molecule has 2 aromatic carbocycles. The van der Waals surface area contributed by atoms with Gasteiger partial charge < -0.3 is 20.3 Å². The number of halogens is 1. The molecule has 0 unspecified atom stereocenters. The third-order valence-electron chi connectivity index (χ3n) is 7.47. The SMILES string of the molecule is CCCCCCCC(=O)CCCCCCC=C[C@H](C(=O)NCCc1ccc(Oc2ccc(Cl)cc2)cc1)[C@](C)(O)C(=O)O. The summed E-state index contributed by atoms with van der Waals surface area (Å²) in [6, 6.07) is 14.5. The first-order chi connectivity index (χ1) is 20.6. The van der Waals surface area contributed by atoms with Crippen molar-refractivity contribution in [3.63, 3.8) is 0 Å². The number of carbonyl (C=O) groups excluding carboxylic acids is 2. The summed E-state index contributed by atoms with van der Waals surface area (Å²) in [6.45, 7) is 3.61. The third-order valence-corrected chi connectivity index (χ3v) is 7.72. The highest BCUT2D eigenvalue weighted by Crippen LogP contribution is 2.24. The first kappa shape index (κ1) is 36.0. The molecular weight excluding hydrogens is 566 g/mol. The first-order valence-corrected chi connectivity index (χ1v) is 16.0. The molecule has 0 saturated heterocycles. The van der Waals surface area contributed by atoms with Crippen LogP contribution in [0, 0.1) is 5.92 Å². The second-order valence-electron chi connectivity index (χ2n) is 11.3. The Kier molecular flexibility index (Phi) is 16.7. The molecule has 3 N–H and O–H groups in total. The zero-order valence-electron chi connectivity index (χ0n) is 25.7. The maximum atomic E-state index is 12.9. The number of carboxylic acids is 1. The van der Waals surface area contributed by atoms with E-state index in [2.05, 4.69) is 12.2 Å². The number of hydrogen-bond acceptors (Lipinski definition) is 5. The number of carbonyl (C=O) groups is 3. The molecular formula is C35H48ClNO6. The topological polar surface area (TPSA) is 113 Å². The van der Waals surface area contributed by atoms with E-state index in [1.54, 1.807) is 30.3 Å². The van der Waals surface area contributed by atoms with E-state index < -0.39 is 23.4 Å². The molecule has 8 heteroatoms. The average molecular weight is 614 g/mol. The molecule has 236 valence electrons. The number of allylic oxidation sites excluding steroid dienone is 1. The van der Waals surface area contributed by atoms with Gasteiger partial charge in [0.05, 0.1) is 5.92 Å². The summed E-state index contributed by atoms with van der Waals surface area (Å²) in [7, 11) is 0. The molecule has 2 aromatic rings. The lowest BCUT2D eigenvalue weighted by atomic mass is 9.87. The van der Waals surface area contributed by atoms with Crippen LogP contribution in [-0.4, -0.2) is 40.0 Å². The lowest BCUT2D eigenvalue weighted by Gasteiger charge is -2.25. The molecule has 0 spiro atoms. The van der Waals surface area contributed by atoms with Gasteiger partial charge in [0, 0.05) is 24.4 Å². The molecule has 1 amide bonds. The van der Waals surface area contributed by atoms with Gasteiger partial charge in [0.25, 0.3) is 0 Å². The van der Waals surface area contributed by atoms with Gasteiger partial charge in [-0.05, 0) is 81.0 Å². The predicted octanol–water partition coefficient (Wildman–Crippen LogP) is 8.07. The van der Waals surface area contributed by atoms with Crippen LogP contribution in [0.15, 0.2) is 60.7 Å². The molecule has 0 aliphatic carbocycles. The Morgan fingerprint density at radius 3 is 2.02 bits per heavy atom. The monoisotopic (exact) mass is 613 g/mol. The van der Waals surface area contributed by atoms with E-state index in [0.717, 1.165) is 51.0 Å². The van der Waals surface area contributed by atoms with Crippen molar-refractivity contribution in [1.82, 2.24) is 5.32 Å². The van der Waals surface area contributed by atoms with Crippen molar-refractivity contribution in [2.45, 2.75) is 103 Å². The Balaban J connectivity index is 1.73. The fourth-order valence-electron chi connectivity index (χ4n) is 4.69. The van der Waals surface area contributed by atoms with Gasteiger partial charge >= 0.3 is 5.97 Å². The van der Waals surface area contributed by atoms with Crippen LogP contribution in [0.5, 0.6) is 11.5 Å². The van der Waals surface area contributed by atoms with Crippen LogP contribution in [0.2, 0.25) is 5.02 Å². The molecule has 43 heavy (non-hydrogen) atoms. The van der Waals surface area contributed by atoms with Crippen molar-refractivity contribution >= 4 is 29.3 Å². The number of benzene rings is 2. The summed E-state index contributed by atoms with van der Waals surface area (Å²) in [5, 5.41) is 23.5. The van der Waals surface area contributed by atoms with E-state index in [1.165, 1.54) is 25.3 Å². The lowest BCUT2D eigenvalue weighted by molar-refractivity contribution is -0.163. The van der Waals surface area contributed by atoms with Crippen LogP contribution in [0.1, 0.15) is 96.5 Å². The molecule has 0 aliphatic rings. The predicted molar refractivity (Wildman–Crippen MR) is 172 cm³/mol. The number of amides is 1. The Morgan fingerprint density at radius 1 is 0.884 bits per heavy atom. The Hall–Kier alpha value is -3.16. The molecule has 0 aromatic heterocycles. The highest BCUT2D eigenvalue weighted by atomic mass is 35.5. The van der Waals surface area contributed by atoms with Crippen molar-refractivity contribution in [2.24, 2.45) is 5.92 Å². The minimum Gasteiger partial charge on any atom is -0.479 e. The molecule has 0 fully saturated rings. The van der Waals surface area contributed by atoms with E-state index >= 15 is 0 Å². The number of rotatable bonds is 22. The van der Waals surface area contributed by atoms with Crippen LogP contribution in [-0.2, 0) is 20.8 Å². The zero-order chi connectivity index (χ0) is 31.5. The average Bonchev–Trinajstić information content (AvgIpc) is 2.98. The van der Waals surface area contributed by atoms with E-state index in [0.29, 0.717) is 48.0 Å². The van der Waals surface area contributed by atoms with Gasteiger partial charge in [0.15, 0.2) is 5.60 Å². The largest absolute Gasteiger partial charge is 0.479 e. The van der Waals surface area contributed by atoms with Crippen LogP contribution in [0.3, 0.4) is 0 Å². The maximum Gasteiger partial charge on any atom is 0.336 e. The van der Waals surface area contributed by atoms with Crippen molar-refractivity contribution < 1.29 is 29.3 Å². The second-order valence-corrected chi connectivity index (χ2v) is 11.7. The lowest BCUT2D eigenvalue weighted by Crippen LogP contribution is -2.49. The van der Waals surface area contributed by atoms with Crippen LogP contribution in [0.4, 0.5) is 0 Å². The zero-order valence-corrected chi connectivity index (χ0v) is 26.4. The minimum atomic E-state index is -2.24. The van der Waals surface area contributed by atoms with E-state index in [-0.39, 0.29) is 6.54 Å². The van der Waals surface area contributed by atoms with Gasteiger partial charge in [-0.2, -0.15) is 0 Å². The molecule has 2 rings (SSSR count). The number of aliphatic hydroxyl groups is 1. The quantitative estimate of drug-likeness (QED) is 0.0914. The van der Waals surface area contributed by atoms with E-state index in [1.807, 2.05) is 24.3 Å². The fraction of sp³-hybridized carbons (Fsp3) is 0.514. The standard InChI is InChI=1S/C35H48ClNO6/c1-3-4-5-8-11-14-29(38)15-12-9-6-7-10-13-16-32(35(2,42)34(40)41)33(39)37-26-25-27-17-21-30(22-18-27)43-31-23-19-28(36)20-24-31/h13,16-24,32,42H,3-12,14-15,25-26H2,1-2H3,(H,37,39)(H,40,41)/t32-,35+/m1/s1. The number of aliphatic carboxylic acids is 1. The molecule has 0 aliphatic heterocycles.